The van der Waals surface area contributed by atoms with E-state index in [0.717, 1.165) is 35.6 Å². The first-order chi connectivity index (χ1) is 14.8. The Morgan fingerprint density at radius 2 is 1.40 bits per heavy atom. The van der Waals surface area contributed by atoms with E-state index >= 15 is 0 Å². The van der Waals surface area contributed by atoms with E-state index in [2.05, 4.69) is 29.2 Å². The molecule has 2 aliphatic heterocycles. The summed E-state index contributed by atoms with van der Waals surface area (Å²) in [5.74, 6) is -0.00564. The summed E-state index contributed by atoms with van der Waals surface area (Å²) in [6, 6.07) is 26.4. The zero-order chi connectivity index (χ0) is 20.3. The van der Waals surface area contributed by atoms with E-state index in [1.807, 2.05) is 59.5 Å². The number of fused-ring (bicyclic) bond motifs is 1. The summed E-state index contributed by atoms with van der Waals surface area (Å²) >= 11 is 0. The van der Waals surface area contributed by atoms with Crippen LogP contribution in [-0.2, 0) is 4.79 Å². The topological polar surface area (TPSA) is 35.9 Å². The highest BCUT2D eigenvalue weighted by Crippen LogP contribution is 2.32. The lowest BCUT2D eigenvalue weighted by Gasteiger charge is -2.30. The lowest BCUT2D eigenvalue weighted by atomic mass is 10.1. The van der Waals surface area contributed by atoms with Gasteiger partial charge in [0.15, 0.2) is 0 Å². The molecule has 1 fully saturated rings. The largest absolute Gasteiger partial charge is 0.293 e. The second-order valence-corrected chi connectivity index (χ2v) is 7.94. The van der Waals surface area contributed by atoms with E-state index in [1.165, 1.54) is 24.8 Å². The van der Waals surface area contributed by atoms with Crippen molar-refractivity contribution in [2.45, 2.75) is 19.3 Å². The van der Waals surface area contributed by atoms with Crippen molar-refractivity contribution in [3.63, 3.8) is 0 Å². The molecule has 0 aromatic heterocycles. The maximum Gasteiger partial charge on any atom is 0.278 e. The molecule has 2 heterocycles. The lowest BCUT2D eigenvalue weighted by molar-refractivity contribution is -0.112. The van der Waals surface area contributed by atoms with E-state index in [4.69, 9.17) is 4.99 Å². The Morgan fingerprint density at radius 3 is 2.17 bits per heavy atom. The molecule has 150 valence electrons. The molecule has 5 rings (SSSR count). The third kappa shape index (κ3) is 3.66. The molecule has 0 saturated carbocycles. The highest BCUT2D eigenvalue weighted by molar-refractivity contribution is 6.54. The Hall–Kier alpha value is -3.24. The zero-order valence-electron chi connectivity index (χ0n) is 17.0. The van der Waals surface area contributed by atoms with Gasteiger partial charge in [0.05, 0.1) is 18.0 Å². The molecular formula is C26H25N3O. The summed E-state index contributed by atoms with van der Waals surface area (Å²) in [6.07, 6.45) is 3.70. The van der Waals surface area contributed by atoms with Crippen LogP contribution in [0.4, 0.5) is 11.4 Å². The number of rotatable bonds is 4. The van der Waals surface area contributed by atoms with Gasteiger partial charge in [-0.25, -0.2) is 4.99 Å². The molecule has 2 aliphatic rings. The molecule has 3 aromatic carbocycles. The van der Waals surface area contributed by atoms with E-state index in [9.17, 15) is 4.79 Å². The van der Waals surface area contributed by atoms with Crippen LogP contribution in [0.5, 0.6) is 0 Å². The van der Waals surface area contributed by atoms with Crippen LogP contribution in [0.2, 0.25) is 0 Å². The van der Waals surface area contributed by atoms with Crippen molar-refractivity contribution in [3.05, 3.63) is 84.4 Å². The van der Waals surface area contributed by atoms with Crippen LogP contribution in [-0.4, -0.2) is 36.3 Å². The molecule has 0 aliphatic carbocycles. The summed E-state index contributed by atoms with van der Waals surface area (Å²) in [5.41, 5.74) is 5.54. The molecule has 0 N–H and O–H groups in total. The van der Waals surface area contributed by atoms with Crippen LogP contribution in [0, 0.1) is 0 Å². The van der Waals surface area contributed by atoms with E-state index in [1.54, 1.807) is 0 Å². The second-order valence-electron chi connectivity index (χ2n) is 7.94. The van der Waals surface area contributed by atoms with Crippen LogP contribution in [0.25, 0.3) is 11.1 Å². The minimum Gasteiger partial charge on any atom is -0.293 e. The molecule has 1 amide bonds. The van der Waals surface area contributed by atoms with Crippen molar-refractivity contribution in [2.24, 2.45) is 4.99 Å². The van der Waals surface area contributed by atoms with Gasteiger partial charge in [0.25, 0.3) is 5.91 Å². The highest BCUT2D eigenvalue weighted by Gasteiger charge is 2.34. The van der Waals surface area contributed by atoms with Crippen LogP contribution in [0.3, 0.4) is 0 Å². The second kappa shape index (κ2) is 8.25. The number of hydrogen-bond donors (Lipinski definition) is 0. The Labute approximate surface area is 177 Å². The Kier molecular flexibility index (Phi) is 5.16. The van der Waals surface area contributed by atoms with Gasteiger partial charge in [0.1, 0.15) is 5.71 Å². The molecule has 0 spiro atoms. The average Bonchev–Trinajstić information content (AvgIpc) is 3.07. The minimum absolute atomic E-state index is 0.00564. The van der Waals surface area contributed by atoms with Gasteiger partial charge in [-0.15, -0.1) is 0 Å². The van der Waals surface area contributed by atoms with Gasteiger partial charge >= 0.3 is 0 Å². The van der Waals surface area contributed by atoms with Gasteiger partial charge in [-0.1, -0.05) is 67.1 Å². The third-order valence-electron chi connectivity index (χ3n) is 5.90. The van der Waals surface area contributed by atoms with Crippen LogP contribution in [0.15, 0.2) is 83.9 Å². The lowest BCUT2D eigenvalue weighted by Crippen LogP contribution is -2.43. The minimum atomic E-state index is -0.00564. The summed E-state index contributed by atoms with van der Waals surface area (Å²) in [4.78, 5) is 22.3. The number of likely N-dealkylation sites (tertiary alicyclic amines) is 1. The van der Waals surface area contributed by atoms with E-state index < -0.39 is 0 Å². The Morgan fingerprint density at radius 1 is 0.733 bits per heavy atom. The smallest absolute Gasteiger partial charge is 0.278 e. The standard InChI is InChI=1S/C26H25N3O/c30-26-25(27-22-15-13-21(14-16-22)20-9-3-1-4-10-20)23-11-5-6-12-24(23)29(26)19-28-17-7-2-8-18-28/h1,3-6,9-16H,2,7-8,17-19H2. The number of nitrogens with zero attached hydrogens (tertiary/aromatic N) is 3. The number of carbonyl (C=O) groups excluding carboxylic acids is 1. The summed E-state index contributed by atoms with van der Waals surface area (Å²) < 4.78 is 0. The first kappa shape index (κ1) is 18.8. The molecule has 30 heavy (non-hydrogen) atoms. The number of amides is 1. The quantitative estimate of drug-likeness (QED) is 0.604. The van der Waals surface area contributed by atoms with E-state index in [0.29, 0.717) is 12.4 Å². The molecule has 3 aromatic rings. The third-order valence-corrected chi connectivity index (χ3v) is 5.90. The number of benzene rings is 3. The summed E-state index contributed by atoms with van der Waals surface area (Å²) in [5, 5.41) is 0. The molecule has 0 unspecified atom stereocenters. The Balaban J connectivity index is 1.43. The number of para-hydroxylation sites is 1. The summed E-state index contributed by atoms with van der Waals surface area (Å²) in [6.45, 7) is 2.75. The predicted molar refractivity (Wildman–Crippen MR) is 122 cm³/mol. The fourth-order valence-corrected chi connectivity index (χ4v) is 4.30. The number of aliphatic imine (C=N–C) groups is 1. The molecular weight excluding hydrogens is 370 g/mol. The maximum atomic E-state index is 13.3. The number of carbonyl (C=O) groups is 1. The molecule has 0 bridgehead atoms. The average molecular weight is 396 g/mol. The van der Waals surface area contributed by atoms with Crippen molar-refractivity contribution in [3.8, 4) is 11.1 Å². The Bertz CT molecular complexity index is 1070. The van der Waals surface area contributed by atoms with Crippen molar-refractivity contribution in [2.75, 3.05) is 24.7 Å². The highest BCUT2D eigenvalue weighted by atomic mass is 16.2. The van der Waals surface area contributed by atoms with Crippen molar-refractivity contribution >= 4 is 23.0 Å². The normalized spacial score (nSPS) is 18.1. The van der Waals surface area contributed by atoms with Gasteiger partial charge in [-0.3, -0.25) is 14.6 Å². The van der Waals surface area contributed by atoms with Crippen LogP contribution in [0.1, 0.15) is 24.8 Å². The fourth-order valence-electron chi connectivity index (χ4n) is 4.30. The molecule has 4 heteroatoms. The first-order valence-electron chi connectivity index (χ1n) is 10.7. The number of hydrogen-bond acceptors (Lipinski definition) is 3. The SMILES string of the molecule is O=C1C(=Nc2ccc(-c3ccccc3)cc2)c2ccccc2N1CN1CCCCC1. The number of piperidine rings is 1. The van der Waals surface area contributed by atoms with Crippen molar-refractivity contribution in [1.82, 2.24) is 4.90 Å². The number of anilines is 1. The summed E-state index contributed by atoms with van der Waals surface area (Å²) in [7, 11) is 0. The van der Waals surface area contributed by atoms with Gasteiger partial charge in [-0.05, 0) is 55.3 Å². The maximum absolute atomic E-state index is 13.3. The van der Waals surface area contributed by atoms with E-state index in [-0.39, 0.29) is 5.91 Å². The predicted octanol–water partition coefficient (Wildman–Crippen LogP) is 5.26. The molecule has 1 saturated heterocycles. The monoisotopic (exact) mass is 395 g/mol. The van der Waals surface area contributed by atoms with Gasteiger partial charge < -0.3 is 0 Å². The van der Waals surface area contributed by atoms with Crippen molar-refractivity contribution in [1.29, 1.82) is 0 Å². The fraction of sp³-hybridized carbons (Fsp3) is 0.231. The van der Waals surface area contributed by atoms with Crippen LogP contribution >= 0.6 is 0 Å². The van der Waals surface area contributed by atoms with Crippen LogP contribution < -0.4 is 4.90 Å². The molecule has 0 radical (unpaired) electrons. The molecule has 4 nitrogen and oxygen atoms in total. The zero-order valence-corrected chi connectivity index (χ0v) is 17.0. The van der Waals surface area contributed by atoms with Gasteiger partial charge in [0, 0.05) is 5.56 Å². The van der Waals surface area contributed by atoms with Crippen molar-refractivity contribution < 1.29 is 4.79 Å². The first-order valence-corrected chi connectivity index (χ1v) is 10.7. The van der Waals surface area contributed by atoms with Gasteiger partial charge in [0.2, 0.25) is 0 Å². The molecule has 0 atom stereocenters. The van der Waals surface area contributed by atoms with Gasteiger partial charge in [-0.2, -0.15) is 0 Å².